The molecule has 0 aliphatic carbocycles. The summed E-state index contributed by atoms with van der Waals surface area (Å²) in [5.74, 6) is 0.350. The fraction of sp³-hybridized carbons (Fsp3) is 0.368. The van der Waals surface area contributed by atoms with E-state index in [0.717, 1.165) is 24.7 Å². The molecule has 2 N–H and O–H groups in total. The Kier molecular flexibility index (Phi) is 5.71. The predicted molar refractivity (Wildman–Crippen MR) is 102 cm³/mol. The third kappa shape index (κ3) is 4.82. The summed E-state index contributed by atoms with van der Waals surface area (Å²) in [5.41, 5.74) is 1.93. The van der Waals surface area contributed by atoms with Gasteiger partial charge in [0.15, 0.2) is 0 Å². The van der Waals surface area contributed by atoms with E-state index in [4.69, 9.17) is 0 Å². The van der Waals surface area contributed by atoms with Crippen LogP contribution in [0.1, 0.15) is 29.4 Å². The van der Waals surface area contributed by atoms with Crippen molar-refractivity contribution in [1.29, 1.82) is 0 Å². The standard InChI is InChI=1S/C19H23N3O2S/c1-14-8-10-22(11-9-14)16-6-4-15(5-7-16)21-18(23)13-20-19(24)17-3-2-12-25-17/h2-7,12,14H,8-11,13H2,1H3,(H,20,24)(H,21,23). The molecule has 1 aromatic heterocycles. The lowest BCUT2D eigenvalue weighted by Crippen LogP contribution is -2.33. The smallest absolute Gasteiger partial charge is 0.261 e. The second-order valence-corrected chi connectivity index (χ2v) is 7.37. The molecule has 6 heteroatoms. The van der Waals surface area contributed by atoms with E-state index >= 15 is 0 Å². The number of anilines is 2. The predicted octanol–water partition coefficient (Wildman–Crippen LogP) is 3.35. The third-order valence-corrected chi connectivity index (χ3v) is 5.32. The van der Waals surface area contributed by atoms with Crippen molar-refractivity contribution in [2.75, 3.05) is 29.9 Å². The largest absolute Gasteiger partial charge is 0.372 e. The minimum Gasteiger partial charge on any atom is -0.372 e. The summed E-state index contributed by atoms with van der Waals surface area (Å²) >= 11 is 1.35. The first-order chi connectivity index (χ1) is 12.1. The molecule has 2 heterocycles. The minimum absolute atomic E-state index is 0.0392. The molecule has 5 nitrogen and oxygen atoms in total. The summed E-state index contributed by atoms with van der Waals surface area (Å²) in [6.07, 6.45) is 2.45. The van der Waals surface area contributed by atoms with Crippen molar-refractivity contribution in [1.82, 2.24) is 5.32 Å². The molecule has 0 atom stereocenters. The molecule has 1 fully saturated rings. The zero-order valence-corrected chi connectivity index (χ0v) is 15.1. The normalized spacial score (nSPS) is 15.0. The van der Waals surface area contributed by atoms with E-state index in [1.54, 1.807) is 6.07 Å². The number of hydrogen-bond donors (Lipinski definition) is 2. The van der Waals surface area contributed by atoms with Gasteiger partial charge in [-0.3, -0.25) is 9.59 Å². The monoisotopic (exact) mass is 357 g/mol. The van der Waals surface area contributed by atoms with Crippen LogP contribution < -0.4 is 15.5 Å². The highest BCUT2D eigenvalue weighted by molar-refractivity contribution is 7.12. The van der Waals surface area contributed by atoms with Crippen LogP contribution in [0, 0.1) is 5.92 Å². The van der Waals surface area contributed by atoms with Gasteiger partial charge >= 0.3 is 0 Å². The van der Waals surface area contributed by atoms with Crippen LogP contribution in [-0.2, 0) is 4.79 Å². The van der Waals surface area contributed by atoms with E-state index < -0.39 is 0 Å². The molecule has 2 aromatic rings. The number of thiophene rings is 1. The van der Waals surface area contributed by atoms with Gasteiger partial charge in [0, 0.05) is 24.5 Å². The molecular formula is C19H23N3O2S. The summed E-state index contributed by atoms with van der Waals surface area (Å²) in [6.45, 7) is 4.43. The first-order valence-electron chi connectivity index (χ1n) is 8.58. The average Bonchev–Trinajstić information content (AvgIpc) is 3.16. The molecule has 0 bridgehead atoms. The van der Waals surface area contributed by atoms with Gasteiger partial charge in [-0.15, -0.1) is 11.3 Å². The summed E-state index contributed by atoms with van der Waals surface area (Å²) in [4.78, 5) is 26.8. The number of piperidine rings is 1. The molecule has 3 rings (SSSR count). The highest BCUT2D eigenvalue weighted by Gasteiger charge is 2.16. The highest BCUT2D eigenvalue weighted by atomic mass is 32.1. The van der Waals surface area contributed by atoms with Crippen LogP contribution >= 0.6 is 11.3 Å². The lowest BCUT2D eigenvalue weighted by Gasteiger charge is -2.32. The zero-order chi connectivity index (χ0) is 17.6. The van der Waals surface area contributed by atoms with Crippen LogP contribution in [0.2, 0.25) is 0 Å². The maximum Gasteiger partial charge on any atom is 0.261 e. The van der Waals surface area contributed by atoms with Crippen LogP contribution in [0.3, 0.4) is 0 Å². The Bertz CT molecular complexity index is 705. The maximum atomic E-state index is 12.0. The second kappa shape index (κ2) is 8.16. The van der Waals surface area contributed by atoms with Gasteiger partial charge in [-0.25, -0.2) is 0 Å². The van der Waals surface area contributed by atoms with E-state index in [2.05, 4.69) is 22.5 Å². The number of carbonyl (C=O) groups excluding carboxylic acids is 2. The van der Waals surface area contributed by atoms with Gasteiger partial charge in [-0.2, -0.15) is 0 Å². The fourth-order valence-corrected chi connectivity index (χ4v) is 3.52. The number of carbonyl (C=O) groups is 2. The summed E-state index contributed by atoms with van der Waals surface area (Å²) in [5, 5.41) is 7.27. The molecule has 132 valence electrons. The van der Waals surface area contributed by atoms with Crippen molar-refractivity contribution < 1.29 is 9.59 Å². The molecular weight excluding hydrogens is 334 g/mol. The number of hydrogen-bond acceptors (Lipinski definition) is 4. The van der Waals surface area contributed by atoms with Gasteiger partial charge in [-0.05, 0) is 54.5 Å². The van der Waals surface area contributed by atoms with Crippen molar-refractivity contribution in [3.8, 4) is 0 Å². The van der Waals surface area contributed by atoms with Gasteiger partial charge in [-0.1, -0.05) is 13.0 Å². The third-order valence-electron chi connectivity index (χ3n) is 4.45. The molecule has 0 unspecified atom stereocenters. The van der Waals surface area contributed by atoms with Gasteiger partial charge in [0.1, 0.15) is 0 Å². The van der Waals surface area contributed by atoms with Crippen molar-refractivity contribution in [2.45, 2.75) is 19.8 Å². The van der Waals surface area contributed by atoms with E-state index in [9.17, 15) is 9.59 Å². The highest BCUT2D eigenvalue weighted by Crippen LogP contribution is 2.24. The minimum atomic E-state index is -0.232. The second-order valence-electron chi connectivity index (χ2n) is 6.42. The van der Waals surface area contributed by atoms with Gasteiger partial charge in [0.05, 0.1) is 11.4 Å². The average molecular weight is 357 g/mol. The zero-order valence-electron chi connectivity index (χ0n) is 14.3. The van der Waals surface area contributed by atoms with Crippen LogP contribution in [-0.4, -0.2) is 31.4 Å². The van der Waals surface area contributed by atoms with Crippen molar-refractivity contribution >= 4 is 34.5 Å². The van der Waals surface area contributed by atoms with Gasteiger partial charge < -0.3 is 15.5 Å². The summed E-state index contributed by atoms with van der Waals surface area (Å²) in [6, 6.07) is 11.4. The summed E-state index contributed by atoms with van der Waals surface area (Å²) in [7, 11) is 0. The van der Waals surface area contributed by atoms with Gasteiger partial charge in [0.25, 0.3) is 5.91 Å². The molecule has 1 saturated heterocycles. The van der Waals surface area contributed by atoms with E-state index in [1.807, 2.05) is 35.7 Å². The molecule has 1 aliphatic heterocycles. The SMILES string of the molecule is CC1CCN(c2ccc(NC(=O)CNC(=O)c3cccs3)cc2)CC1. The Hall–Kier alpha value is -2.34. The van der Waals surface area contributed by atoms with Crippen molar-refractivity contribution in [3.05, 3.63) is 46.7 Å². The first-order valence-corrected chi connectivity index (χ1v) is 9.46. The van der Waals surface area contributed by atoms with Crippen LogP contribution in [0.5, 0.6) is 0 Å². The molecule has 2 amide bonds. The topological polar surface area (TPSA) is 61.4 Å². The van der Waals surface area contributed by atoms with E-state index in [-0.39, 0.29) is 18.4 Å². The Balaban J connectivity index is 1.47. The Morgan fingerprint density at radius 3 is 2.52 bits per heavy atom. The van der Waals surface area contributed by atoms with Crippen LogP contribution in [0.15, 0.2) is 41.8 Å². The quantitative estimate of drug-likeness (QED) is 0.863. The number of nitrogens with one attached hydrogen (secondary N) is 2. The number of nitrogens with zero attached hydrogens (tertiary/aromatic N) is 1. The number of benzene rings is 1. The Labute approximate surface area is 152 Å². The Morgan fingerprint density at radius 1 is 1.16 bits per heavy atom. The van der Waals surface area contributed by atoms with Crippen molar-refractivity contribution in [2.24, 2.45) is 5.92 Å². The lowest BCUT2D eigenvalue weighted by molar-refractivity contribution is -0.115. The Morgan fingerprint density at radius 2 is 1.88 bits per heavy atom. The first kappa shape index (κ1) is 17.5. The molecule has 1 aliphatic rings. The van der Waals surface area contributed by atoms with Crippen LogP contribution in [0.25, 0.3) is 0 Å². The number of amides is 2. The molecule has 25 heavy (non-hydrogen) atoms. The molecule has 0 spiro atoms. The number of rotatable bonds is 5. The lowest BCUT2D eigenvalue weighted by atomic mass is 9.99. The molecule has 0 saturated carbocycles. The summed E-state index contributed by atoms with van der Waals surface area (Å²) < 4.78 is 0. The van der Waals surface area contributed by atoms with Crippen LogP contribution in [0.4, 0.5) is 11.4 Å². The van der Waals surface area contributed by atoms with Crippen molar-refractivity contribution in [3.63, 3.8) is 0 Å². The maximum absolute atomic E-state index is 12.0. The van der Waals surface area contributed by atoms with Gasteiger partial charge in [0.2, 0.25) is 5.91 Å². The molecule has 0 radical (unpaired) electrons. The van der Waals surface area contributed by atoms with E-state index in [1.165, 1.54) is 29.9 Å². The molecule has 1 aromatic carbocycles. The van der Waals surface area contributed by atoms with E-state index in [0.29, 0.717) is 4.88 Å². The fourth-order valence-electron chi connectivity index (χ4n) is 2.88.